The first-order chi connectivity index (χ1) is 8.63. The lowest BCUT2D eigenvalue weighted by atomic mass is 10.0. The second kappa shape index (κ2) is 5.29. The van der Waals surface area contributed by atoms with E-state index in [-0.39, 0.29) is 0 Å². The molecule has 98 valence electrons. The number of rotatable bonds is 3. The minimum Gasteiger partial charge on any atom is -0.494 e. The molecule has 0 saturated carbocycles. The van der Waals surface area contributed by atoms with Gasteiger partial charge in [0.25, 0.3) is 0 Å². The van der Waals surface area contributed by atoms with E-state index in [9.17, 15) is 0 Å². The van der Waals surface area contributed by atoms with Gasteiger partial charge in [-0.05, 0) is 50.5 Å². The second-order valence-electron chi connectivity index (χ2n) is 4.54. The maximum Gasteiger partial charge on any atom is 0.196 e. The zero-order valence-electron chi connectivity index (χ0n) is 11.6. The van der Waals surface area contributed by atoms with Crippen molar-refractivity contribution < 1.29 is 4.74 Å². The lowest BCUT2D eigenvalue weighted by Gasteiger charge is -2.14. The topological polar surface area (TPSA) is 45.6 Å². The van der Waals surface area contributed by atoms with Crippen LogP contribution in [0.3, 0.4) is 0 Å². The van der Waals surface area contributed by atoms with Crippen LogP contribution in [0.5, 0.6) is 5.75 Å². The van der Waals surface area contributed by atoms with Crippen molar-refractivity contribution in [2.24, 2.45) is 4.99 Å². The van der Waals surface area contributed by atoms with E-state index >= 15 is 0 Å². The van der Waals surface area contributed by atoms with Gasteiger partial charge < -0.3 is 15.4 Å². The molecule has 1 aromatic carbocycles. The molecule has 18 heavy (non-hydrogen) atoms. The van der Waals surface area contributed by atoms with Gasteiger partial charge in [-0.25, -0.2) is 4.99 Å². The molecule has 0 amide bonds. The van der Waals surface area contributed by atoms with E-state index < -0.39 is 0 Å². The van der Waals surface area contributed by atoms with Crippen molar-refractivity contribution in [1.29, 1.82) is 0 Å². The number of nitrogens with zero attached hydrogens (tertiary/aromatic N) is 1. The standard InChI is InChI=1S/C14H21N3O/c1-5-18-12-8-9(2)13(11(4)10(12)3)17-14-15-6-7-16-14/h8H,5-7H2,1-4H3,(H2,15,16,17). The number of hydrogen-bond donors (Lipinski definition) is 2. The molecule has 4 heteroatoms. The average molecular weight is 247 g/mol. The molecule has 0 spiro atoms. The summed E-state index contributed by atoms with van der Waals surface area (Å²) in [5, 5.41) is 6.45. The Morgan fingerprint density at radius 1 is 1.17 bits per heavy atom. The molecule has 1 aliphatic rings. The zero-order valence-corrected chi connectivity index (χ0v) is 11.6. The molecule has 1 aliphatic heterocycles. The lowest BCUT2D eigenvalue weighted by Crippen LogP contribution is -2.23. The summed E-state index contributed by atoms with van der Waals surface area (Å²) in [5.74, 6) is 1.83. The van der Waals surface area contributed by atoms with Crippen LogP contribution in [-0.4, -0.2) is 25.7 Å². The molecule has 0 aromatic heterocycles. The molecule has 0 aliphatic carbocycles. The minimum absolute atomic E-state index is 0.691. The van der Waals surface area contributed by atoms with Gasteiger partial charge in [-0.2, -0.15) is 0 Å². The van der Waals surface area contributed by atoms with Crippen molar-refractivity contribution in [3.8, 4) is 5.75 Å². The van der Waals surface area contributed by atoms with Crippen molar-refractivity contribution >= 4 is 11.6 Å². The summed E-state index contributed by atoms with van der Waals surface area (Å²) in [6.45, 7) is 10.8. The van der Waals surface area contributed by atoms with Gasteiger partial charge in [0.05, 0.1) is 12.3 Å². The highest BCUT2D eigenvalue weighted by atomic mass is 16.5. The van der Waals surface area contributed by atoms with E-state index in [0.717, 1.165) is 36.0 Å². The molecule has 1 aromatic rings. The fourth-order valence-corrected chi connectivity index (χ4v) is 2.12. The molecule has 2 rings (SSSR count). The number of aryl methyl sites for hydroxylation is 1. The minimum atomic E-state index is 0.691. The predicted molar refractivity (Wildman–Crippen MR) is 74.9 cm³/mol. The van der Waals surface area contributed by atoms with Gasteiger partial charge in [0, 0.05) is 13.1 Å². The summed E-state index contributed by atoms with van der Waals surface area (Å²) in [5.41, 5.74) is 4.53. The quantitative estimate of drug-likeness (QED) is 0.860. The third-order valence-corrected chi connectivity index (χ3v) is 3.24. The first kappa shape index (κ1) is 12.7. The van der Waals surface area contributed by atoms with Crippen LogP contribution in [0.4, 0.5) is 5.69 Å². The van der Waals surface area contributed by atoms with Crippen molar-refractivity contribution in [3.63, 3.8) is 0 Å². The first-order valence-corrected chi connectivity index (χ1v) is 6.43. The summed E-state index contributed by atoms with van der Waals surface area (Å²) >= 11 is 0. The Kier molecular flexibility index (Phi) is 3.75. The number of guanidine groups is 1. The van der Waals surface area contributed by atoms with Gasteiger partial charge in [0.2, 0.25) is 0 Å². The van der Waals surface area contributed by atoms with Crippen LogP contribution in [-0.2, 0) is 0 Å². The Morgan fingerprint density at radius 3 is 2.44 bits per heavy atom. The van der Waals surface area contributed by atoms with Crippen molar-refractivity contribution in [3.05, 3.63) is 22.8 Å². The van der Waals surface area contributed by atoms with Gasteiger partial charge in [-0.1, -0.05) is 0 Å². The van der Waals surface area contributed by atoms with Crippen molar-refractivity contribution in [1.82, 2.24) is 10.6 Å². The van der Waals surface area contributed by atoms with E-state index in [1.807, 2.05) is 6.92 Å². The molecule has 1 heterocycles. The second-order valence-corrected chi connectivity index (χ2v) is 4.54. The average Bonchev–Trinajstić information content (AvgIpc) is 2.84. The molecule has 0 unspecified atom stereocenters. The summed E-state index contributed by atoms with van der Waals surface area (Å²) in [6, 6.07) is 2.07. The van der Waals surface area contributed by atoms with Crippen LogP contribution < -0.4 is 15.4 Å². The summed E-state index contributed by atoms with van der Waals surface area (Å²) in [7, 11) is 0. The Labute approximate surface area is 108 Å². The molecule has 0 radical (unpaired) electrons. The largest absolute Gasteiger partial charge is 0.494 e. The highest BCUT2D eigenvalue weighted by Gasteiger charge is 2.12. The van der Waals surface area contributed by atoms with Gasteiger partial charge in [0.15, 0.2) is 5.96 Å². The molecule has 2 N–H and O–H groups in total. The van der Waals surface area contributed by atoms with E-state index in [4.69, 9.17) is 4.74 Å². The van der Waals surface area contributed by atoms with Gasteiger partial charge >= 0.3 is 0 Å². The van der Waals surface area contributed by atoms with Crippen LogP contribution in [0.15, 0.2) is 11.1 Å². The smallest absolute Gasteiger partial charge is 0.196 e. The van der Waals surface area contributed by atoms with E-state index in [1.54, 1.807) is 0 Å². The Morgan fingerprint density at radius 2 is 1.83 bits per heavy atom. The van der Waals surface area contributed by atoms with E-state index in [1.165, 1.54) is 11.1 Å². The first-order valence-electron chi connectivity index (χ1n) is 6.43. The van der Waals surface area contributed by atoms with Crippen molar-refractivity contribution in [2.75, 3.05) is 19.7 Å². The Hall–Kier alpha value is -1.71. The molecule has 4 nitrogen and oxygen atoms in total. The Balaban J connectivity index is 2.42. The molecule has 0 bridgehead atoms. The van der Waals surface area contributed by atoms with Crippen LogP contribution in [0, 0.1) is 20.8 Å². The van der Waals surface area contributed by atoms with E-state index in [2.05, 4.69) is 42.5 Å². The summed E-state index contributed by atoms with van der Waals surface area (Å²) in [6.07, 6.45) is 0. The molecule has 1 saturated heterocycles. The zero-order chi connectivity index (χ0) is 13.1. The number of nitrogens with one attached hydrogen (secondary N) is 2. The van der Waals surface area contributed by atoms with E-state index in [0.29, 0.717) is 6.61 Å². The summed E-state index contributed by atoms with van der Waals surface area (Å²) < 4.78 is 5.64. The van der Waals surface area contributed by atoms with Gasteiger partial charge in [0.1, 0.15) is 5.75 Å². The molecule has 0 atom stereocenters. The number of ether oxygens (including phenoxy) is 1. The number of hydrogen-bond acceptors (Lipinski definition) is 2. The third kappa shape index (κ3) is 2.42. The fourth-order valence-electron chi connectivity index (χ4n) is 2.12. The maximum absolute atomic E-state index is 5.64. The normalized spacial score (nSPS) is 14.1. The monoisotopic (exact) mass is 247 g/mol. The highest BCUT2D eigenvalue weighted by molar-refractivity contribution is 5.85. The van der Waals surface area contributed by atoms with Gasteiger partial charge in [-0.3, -0.25) is 0 Å². The third-order valence-electron chi connectivity index (χ3n) is 3.24. The predicted octanol–water partition coefficient (Wildman–Crippen LogP) is 2.19. The van der Waals surface area contributed by atoms with Crippen LogP contribution in [0.1, 0.15) is 23.6 Å². The van der Waals surface area contributed by atoms with Gasteiger partial charge in [-0.15, -0.1) is 0 Å². The molecule has 1 fully saturated rings. The van der Waals surface area contributed by atoms with Crippen LogP contribution >= 0.6 is 0 Å². The Bertz CT molecular complexity index is 472. The fraction of sp³-hybridized carbons (Fsp3) is 0.500. The molecular formula is C14H21N3O. The van der Waals surface area contributed by atoms with Crippen LogP contribution in [0.2, 0.25) is 0 Å². The van der Waals surface area contributed by atoms with Crippen molar-refractivity contribution in [2.45, 2.75) is 27.7 Å². The SMILES string of the molecule is CCOc1cc(C)c(N=C2NCCN2)c(C)c1C. The van der Waals surface area contributed by atoms with Crippen LogP contribution in [0.25, 0.3) is 0 Å². The number of aliphatic imine (C=N–C) groups is 1. The summed E-state index contributed by atoms with van der Waals surface area (Å²) in [4.78, 5) is 4.66. The number of benzene rings is 1. The highest BCUT2D eigenvalue weighted by Crippen LogP contribution is 2.33. The maximum atomic E-state index is 5.64. The molecular weight excluding hydrogens is 226 g/mol. The lowest BCUT2D eigenvalue weighted by molar-refractivity contribution is 0.337.